The standard InChI is InChI=1S/C15H23NO4/c1-15(2,3)13(8-9-17)16-14(19)10-20-12-7-5-4-6-11(12)18/h4-7,13,17-18H,8-10H2,1-3H3,(H,16,19). The van der Waals surface area contributed by atoms with Gasteiger partial charge in [0, 0.05) is 12.6 Å². The van der Waals surface area contributed by atoms with Crippen molar-refractivity contribution in [3.05, 3.63) is 24.3 Å². The molecule has 1 aromatic rings. The lowest BCUT2D eigenvalue weighted by Crippen LogP contribution is -2.46. The number of benzene rings is 1. The van der Waals surface area contributed by atoms with E-state index in [1.54, 1.807) is 18.2 Å². The van der Waals surface area contributed by atoms with E-state index in [0.717, 1.165) is 0 Å². The van der Waals surface area contributed by atoms with Crippen LogP contribution in [0.2, 0.25) is 0 Å². The zero-order chi connectivity index (χ0) is 15.2. The fraction of sp³-hybridized carbons (Fsp3) is 0.533. The predicted octanol–water partition coefficient (Wildman–Crippen LogP) is 1.68. The molecule has 1 atom stereocenters. The van der Waals surface area contributed by atoms with Gasteiger partial charge in [-0.3, -0.25) is 4.79 Å². The van der Waals surface area contributed by atoms with Crippen molar-refractivity contribution < 1.29 is 19.7 Å². The molecule has 5 nitrogen and oxygen atoms in total. The second-order valence-electron chi connectivity index (χ2n) is 5.75. The number of carbonyl (C=O) groups is 1. The number of ether oxygens (including phenoxy) is 1. The number of phenolic OH excluding ortho intramolecular Hbond substituents is 1. The third-order valence-electron chi connectivity index (χ3n) is 3.02. The van der Waals surface area contributed by atoms with Gasteiger partial charge in [-0.05, 0) is 24.0 Å². The third kappa shape index (κ3) is 5.09. The molecule has 1 rings (SSSR count). The Kier molecular flexibility index (Phi) is 5.82. The number of para-hydroxylation sites is 2. The van der Waals surface area contributed by atoms with Crippen molar-refractivity contribution >= 4 is 5.91 Å². The molecule has 0 bridgehead atoms. The van der Waals surface area contributed by atoms with Gasteiger partial charge in [0.1, 0.15) is 0 Å². The van der Waals surface area contributed by atoms with Crippen molar-refractivity contribution in [3.8, 4) is 11.5 Å². The van der Waals surface area contributed by atoms with Crippen LogP contribution in [0.3, 0.4) is 0 Å². The van der Waals surface area contributed by atoms with Crippen LogP contribution < -0.4 is 10.1 Å². The Morgan fingerprint density at radius 1 is 1.35 bits per heavy atom. The number of aliphatic hydroxyl groups is 1. The fourth-order valence-corrected chi connectivity index (χ4v) is 1.81. The van der Waals surface area contributed by atoms with E-state index in [9.17, 15) is 9.90 Å². The Bertz CT molecular complexity index is 440. The molecule has 0 aliphatic carbocycles. The topological polar surface area (TPSA) is 78.8 Å². The Morgan fingerprint density at radius 3 is 2.55 bits per heavy atom. The molecule has 112 valence electrons. The molecule has 0 radical (unpaired) electrons. The van der Waals surface area contributed by atoms with Gasteiger partial charge in [-0.15, -0.1) is 0 Å². The van der Waals surface area contributed by atoms with Gasteiger partial charge in [-0.25, -0.2) is 0 Å². The van der Waals surface area contributed by atoms with Crippen LogP contribution in [-0.2, 0) is 4.79 Å². The van der Waals surface area contributed by atoms with E-state index >= 15 is 0 Å². The van der Waals surface area contributed by atoms with Crippen LogP contribution in [-0.4, -0.2) is 35.4 Å². The Balaban J connectivity index is 2.52. The molecule has 0 aliphatic heterocycles. The monoisotopic (exact) mass is 281 g/mol. The molecule has 1 aromatic carbocycles. The van der Waals surface area contributed by atoms with Gasteiger partial charge in [0.2, 0.25) is 0 Å². The highest BCUT2D eigenvalue weighted by molar-refractivity contribution is 5.78. The van der Waals surface area contributed by atoms with Crippen LogP contribution in [0.25, 0.3) is 0 Å². The van der Waals surface area contributed by atoms with Gasteiger partial charge in [0.15, 0.2) is 18.1 Å². The number of phenols is 1. The minimum atomic E-state index is -0.276. The normalized spacial score (nSPS) is 12.8. The smallest absolute Gasteiger partial charge is 0.258 e. The average Bonchev–Trinajstić information content (AvgIpc) is 2.36. The number of carbonyl (C=O) groups excluding carboxylic acids is 1. The number of rotatable bonds is 6. The van der Waals surface area contributed by atoms with Crippen molar-refractivity contribution in [2.45, 2.75) is 33.2 Å². The van der Waals surface area contributed by atoms with Gasteiger partial charge >= 0.3 is 0 Å². The van der Waals surface area contributed by atoms with Crippen molar-refractivity contribution in [3.63, 3.8) is 0 Å². The van der Waals surface area contributed by atoms with Crippen LogP contribution >= 0.6 is 0 Å². The minimum Gasteiger partial charge on any atom is -0.504 e. The van der Waals surface area contributed by atoms with Gasteiger partial charge < -0.3 is 20.3 Å². The summed E-state index contributed by atoms with van der Waals surface area (Å²) in [6, 6.07) is 6.36. The van der Waals surface area contributed by atoms with Gasteiger partial charge in [0.05, 0.1) is 0 Å². The molecule has 3 N–H and O–H groups in total. The lowest BCUT2D eigenvalue weighted by Gasteiger charge is -2.31. The van der Waals surface area contributed by atoms with Crippen molar-refractivity contribution in [2.75, 3.05) is 13.2 Å². The summed E-state index contributed by atoms with van der Waals surface area (Å²) < 4.78 is 5.27. The summed E-state index contributed by atoms with van der Waals surface area (Å²) >= 11 is 0. The number of hydrogen-bond acceptors (Lipinski definition) is 4. The van der Waals surface area contributed by atoms with Crippen molar-refractivity contribution in [1.29, 1.82) is 0 Å². The molecule has 5 heteroatoms. The van der Waals surface area contributed by atoms with Gasteiger partial charge in [-0.1, -0.05) is 32.9 Å². The molecular weight excluding hydrogens is 258 g/mol. The first kappa shape index (κ1) is 16.3. The molecule has 20 heavy (non-hydrogen) atoms. The first-order valence-electron chi connectivity index (χ1n) is 6.65. The van der Waals surface area contributed by atoms with Crippen LogP contribution in [0.4, 0.5) is 0 Å². The number of nitrogens with one attached hydrogen (secondary N) is 1. The quantitative estimate of drug-likeness (QED) is 0.741. The molecular formula is C15H23NO4. The molecule has 0 fully saturated rings. The molecule has 1 unspecified atom stereocenters. The summed E-state index contributed by atoms with van der Waals surface area (Å²) in [6.07, 6.45) is 0.492. The number of amides is 1. The van der Waals surface area contributed by atoms with Crippen LogP contribution in [0.1, 0.15) is 27.2 Å². The predicted molar refractivity (Wildman–Crippen MR) is 76.7 cm³/mol. The zero-order valence-corrected chi connectivity index (χ0v) is 12.2. The molecule has 0 saturated carbocycles. The zero-order valence-electron chi connectivity index (χ0n) is 12.2. The van der Waals surface area contributed by atoms with Gasteiger partial charge in [0.25, 0.3) is 5.91 Å². The second-order valence-corrected chi connectivity index (χ2v) is 5.75. The van der Waals surface area contributed by atoms with Crippen LogP contribution in [0.5, 0.6) is 11.5 Å². The summed E-state index contributed by atoms with van der Waals surface area (Å²) in [4.78, 5) is 11.9. The van der Waals surface area contributed by atoms with E-state index < -0.39 is 0 Å². The lowest BCUT2D eigenvalue weighted by molar-refractivity contribution is -0.124. The Morgan fingerprint density at radius 2 is 2.00 bits per heavy atom. The summed E-state index contributed by atoms with van der Waals surface area (Å²) in [5.41, 5.74) is -0.146. The maximum absolute atomic E-state index is 11.9. The molecule has 0 aliphatic rings. The summed E-state index contributed by atoms with van der Waals surface area (Å²) in [5.74, 6) is 0.00164. The number of hydrogen-bond donors (Lipinski definition) is 3. The first-order chi connectivity index (χ1) is 9.34. The van der Waals surface area contributed by atoms with Crippen molar-refractivity contribution in [2.24, 2.45) is 5.41 Å². The van der Waals surface area contributed by atoms with E-state index in [4.69, 9.17) is 9.84 Å². The highest BCUT2D eigenvalue weighted by Crippen LogP contribution is 2.24. The summed E-state index contributed by atoms with van der Waals surface area (Å²) in [7, 11) is 0. The van der Waals surface area contributed by atoms with Crippen LogP contribution in [0, 0.1) is 5.41 Å². The van der Waals surface area contributed by atoms with E-state index in [1.807, 2.05) is 20.8 Å². The Hall–Kier alpha value is -1.75. The highest BCUT2D eigenvalue weighted by Gasteiger charge is 2.25. The molecule has 1 amide bonds. The van der Waals surface area contributed by atoms with E-state index in [2.05, 4.69) is 5.32 Å². The van der Waals surface area contributed by atoms with E-state index in [1.165, 1.54) is 6.07 Å². The second kappa shape index (κ2) is 7.14. The maximum atomic E-state index is 11.9. The van der Waals surface area contributed by atoms with Crippen molar-refractivity contribution in [1.82, 2.24) is 5.32 Å². The SMILES string of the molecule is CC(C)(C)C(CCO)NC(=O)COc1ccccc1O. The molecule has 0 spiro atoms. The van der Waals surface area contributed by atoms with E-state index in [-0.39, 0.29) is 42.1 Å². The maximum Gasteiger partial charge on any atom is 0.258 e. The lowest BCUT2D eigenvalue weighted by atomic mass is 9.85. The minimum absolute atomic E-state index is 0.00281. The third-order valence-corrected chi connectivity index (χ3v) is 3.02. The summed E-state index contributed by atoms with van der Waals surface area (Å²) in [6.45, 7) is 5.84. The molecule has 0 saturated heterocycles. The largest absolute Gasteiger partial charge is 0.504 e. The first-order valence-corrected chi connectivity index (χ1v) is 6.65. The number of aromatic hydroxyl groups is 1. The fourth-order valence-electron chi connectivity index (χ4n) is 1.81. The molecule has 0 heterocycles. The Labute approximate surface area is 119 Å². The molecule has 0 aromatic heterocycles. The average molecular weight is 281 g/mol. The summed E-state index contributed by atoms with van der Waals surface area (Å²) in [5, 5.41) is 21.4. The number of aliphatic hydroxyl groups excluding tert-OH is 1. The van der Waals surface area contributed by atoms with Gasteiger partial charge in [-0.2, -0.15) is 0 Å². The van der Waals surface area contributed by atoms with E-state index in [0.29, 0.717) is 6.42 Å². The van der Waals surface area contributed by atoms with Crippen LogP contribution in [0.15, 0.2) is 24.3 Å². The highest BCUT2D eigenvalue weighted by atomic mass is 16.5.